The Labute approximate surface area is 159 Å². The van der Waals surface area contributed by atoms with Crippen molar-refractivity contribution in [2.45, 2.75) is 6.92 Å². The number of aryl methyl sites for hydroxylation is 1. The van der Waals surface area contributed by atoms with Crippen molar-refractivity contribution in [3.8, 4) is 5.75 Å². The molecule has 126 valence electrons. The van der Waals surface area contributed by atoms with E-state index < -0.39 is 0 Å². The van der Waals surface area contributed by atoms with Crippen LogP contribution in [0, 0.1) is 6.92 Å². The molecule has 1 heterocycles. The second kappa shape index (κ2) is 7.57. The Bertz CT molecular complexity index is 739. The minimum atomic E-state index is 0.209. The number of phenolic OH excluding ortho intramolecular Hbond substituents is 1. The van der Waals surface area contributed by atoms with Crippen LogP contribution in [0.1, 0.15) is 11.1 Å². The third-order valence-corrected chi connectivity index (χ3v) is 5.14. The van der Waals surface area contributed by atoms with Gasteiger partial charge in [0.15, 0.2) is 0 Å². The number of anilines is 1. The number of piperazine rings is 1. The van der Waals surface area contributed by atoms with E-state index in [2.05, 4.69) is 73.1 Å². The van der Waals surface area contributed by atoms with Gasteiger partial charge in [0.1, 0.15) is 5.75 Å². The maximum absolute atomic E-state index is 10.1. The van der Waals surface area contributed by atoms with E-state index >= 15 is 0 Å². The molecule has 1 aliphatic rings. The van der Waals surface area contributed by atoms with E-state index in [4.69, 9.17) is 0 Å². The molecule has 4 nitrogen and oxygen atoms in total. The molecular weight excluding hydrogens is 434 g/mol. The van der Waals surface area contributed by atoms with Crippen LogP contribution in [0.15, 0.2) is 50.4 Å². The van der Waals surface area contributed by atoms with Gasteiger partial charge in [0.25, 0.3) is 0 Å². The number of rotatable bonds is 3. The number of hydrogen-bond donors (Lipinski definition) is 1. The standard InChI is InChI=1S/C18H19Br2N3O/c1-13-2-4-16(5-3-13)22-6-8-23(9-7-22)21-12-14-10-15(19)11-17(20)18(14)24/h2-5,10-12,24H,6-9H2,1H3. The van der Waals surface area contributed by atoms with Gasteiger partial charge in [-0.2, -0.15) is 5.10 Å². The van der Waals surface area contributed by atoms with Gasteiger partial charge in [-0.3, -0.25) is 5.01 Å². The van der Waals surface area contributed by atoms with Crippen molar-refractivity contribution >= 4 is 43.8 Å². The van der Waals surface area contributed by atoms with E-state index in [1.54, 1.807) is 6.21 Å². The summed E-state index contributed by atoms with van der Waals surface area (Å²) in [5.41, 5.74) is 3.23. The maximum atomic E-state index is 10.1. The maximum Gasteiger partial charge on any atom is 0.138 e. The van der Waals surface area contributed by atoms with Crippen LogP contribution in [0.3, 0.4) is 0 Å². The first kappa shape index (κ1) is 17.3. The van der Waals surface area contributed by atoms with Gasteiger partial charge in [-0.1, -0.05) is 33.6 Å². The molecule has 1 fully saturated rings. The first-order valence-electron chi connectivity index (χ1n) is 7.81. The summed E-state index contributed by atoms with van der Waals surface area (Å²) in [6.45, 7) is 5.70. The third kappa shape index (κ3) is 4.11. The molecule has 0 unspecified atom stereocenters. The van der Waals surface area contributed by atoms with E-state index in [1.165, 1.54) is 11.3 Å². The zero-order chi connectivity index (χ0) is 17.1. The molecule has 0 saturated carbocycles. The minimum Gasteiger partial charge on any atom is -0.506 e. The topological polar surface area (TPSA) is 39.1 Å². The summed E-state index contributed by atoms with van der Waals surface area (Å²) in [7, 11) is 0. The molecule has 0 aliphatic carbocycles. The second-order valence-electron chi connectivity index (χ2n) is 5.85. The Kier molecular flexibility index (Phi) is 5.46. The number of hydrogen-bond acceptors (Lipinski definition) is 4. The van der Waals surface area contributed by atoms with Gasteiger partial charge in [0, 0.05) is 28.8 Å². The van der Waals surface area contributed by atoms with E-state index in [-0.39, 0.29) is 5.75 Å². The lowest BCUT2D eigenvalue weighted by Gasteiger charge is -2.34. The zero-order valence-electron chi connectivity index (χ0n) is 13.4. The van der Waals surface area contributed by atoms with Crippen LogP contribution in [0.2, 0.25) is 0 Å². The Hall–Kier alpha value is -1.53. The highest BCUT2D eigenvalue weighted by atomic mass is 79.9. The first-order valence-corrected chi connectivity index (χ1v) is 9.40. The molecule has 0 amide bonds. The van der Waals surface area contributed by atoms with Crippen LogP contribution in [0.25, 0.3) is 0 Å². The van der Waals surface area contributed by atoms with Crippen molar-refractivity contribution in [1.82, 2.24) is 5.01 Å². The number of phenols is 1. The fraction of sp³-hybridized carbons (Fsp3) is 0.278. The number of nitrogens with zero attached hydrogens (tertiary/aromatic N) is 3. The van der Waals surface area contributed by atoms with Crippen molar-refractivity contribution in [2.24, 2.45) is 5.10 Å². The van der Waals surface area contributed by atoms with Crippen molar-refractivity contribution in [2.75, 3.05) is 31.1 Å². The lowest BCUT2D eigenvalue weighted by atomic mass is 10.2. The van der Waals surface area contributed by atoms with Crippen LogP contribution < -0.4 is 4.90 Å². The van der Waals surface area contributed by atoms with Crippen LogP contribution in [-0.4, -0.2) is 42.5 Å². The Balaban J connectivity index is 1.62. The Morgan fingerprint density at radius 1 is 1.04 bits per heavy atom. The molecule has 1 saturated heterocycles. The lowest BCUT2D eigenvalue weighted by Crippen LogP contribution is -2.44. The van der Waals surface area contributed by atoms with Gasteiger partial charge < -0.3 is 10.0 Å². The van der Waals surface area contributed by atoms with Gasteiger partial charge in [0.05, 0.1) is 23.8 Å². The summed E-state index contributed by atoms with van der Waals surface area (Å²) in [4.78, 5) is 2.37. The van der Waals surface area contributed by atoms with Crippen molar-refractivity contribution in [3.05, 3.63) is 56.5 Å². The smallest absolute Gasteiger partial charge is 0.138 e. The predicted octanol–water partition coefficient (Wildman–Crippen LogP) is 4.38. The van der Waals surface area contributed by atoms with E-state index in [1.807, 2.05) is 17.1 Å². The summed E-state index contributed by atoms with van der Waals surface area (Å²) in [6.07, 6.45) is 1.71. The highest BCUT2D eigenvalue weighted by Crippen LogP contribution is 2.30. The minimum absolute atomic E-state index is 0.209. The number of hydrazone groups is 1. The van der Waals surface area contributed by atoms with Gasteiger partial charge in [0.2, 0.25) is 0 Å². The Morgan fingerprint density at radius 3 is 2.38 bits per heavy atom. The Morgan fingerprint density at radius 2 is 1.71 bits per heavy atom. The molecular formula is C18H19Br2N3O. The molecule has 2 aromatic rings. The van der Waals surface area contributed by atoms with E-state index in [0.29, 0.717) is 10.0 Å². The number of benzene rings is 2. The summed E-state index contributed by atoms with van der Waals surface area (Å²) >= 11 is 6.77. The molecule has 0 atom stereocenters. The highest BCUT2D eigenvalue weighted by Gasteiger charge is 2.15. The summed E-state index contributed by atoms with van der Waals surface area (Å²) < 4.78 is 1.56. The number of halogens is 2. The van der Waals surface area contributed by atoms with Crippen molar-refractivity contribution in [1.29, 1.82) is 0 Å². The van der Waals surface area contributed by atoms with Gasteiger partial charge in [-0.25, -0.2) is 0 Å². The third-order valence-electron chi connectivity index (χ3n) is 4.07. The molecule has 24 heavy (non-hydrogen) atoms. The zero-order valence-corrected chi connectivity index (χ0v) is 16.6. The quantitative estimate of drug-likeness (QED) is 0.702. The SMILES string of the molecule is Cc1ccc(N2CCN(N=Cc3cc(Br)cc(Br)c3O)CC2)cc1. The molecule has 1 N–H and O–H groups in total. The van der Waals surface area contributed by atoms with Gasteiger partial charge in [-0.05, 0) is 47.1 Å². The molecule has 2 aromatic carbocycles. The normalized spacial score (nSPS) is 15.3. The molecule has 0 aromatic heterocycles. The largest absolute Gasteiger partial charge is 0.506 e. The fourth-order valence-electron chi connectivity index (χ4n) is 2.65. The molecule has 0 radical (unpaired) electrons. The van der Waals surface area contributed by atoms with E-state index in [9.17, 15) is 5.11 Å². The molecule has 0 spiro atoms. The number of aromatic hydroxyl groups is 1. The van der Waals surface area contributed by atoms with Crippen molar-refractivity contribution < 1.29 is 5.11 Å². The van der Waals surface area contributed by atoms with Gasteiger partial charge >= 0.3 is 0 Å². The average molecular weight is 453 g/mol. The van der Waals surface area contributed by atoms with E-state index in [0.717, 1.165) is 30.7 Å². The second-order valence-corrected chi connectivity index (χ2v) is 7.62. The summed E-state index contributed by atoms with van der Waals surface area (Å²) in [6, 6.07) is 12.3. The monoisotopic (exact) mass is 451 g/mol. The van der Waals surface area contributed by atoms with Crippen LogP contribution in [0.4, 0.5) is 5.69 Å². The van der Waals surface area contributed by atoms with Crippen LogP contribution in [-0.2, 0) is 0 Å². The highest BCUT2D eigenvalue weighted by molar-refractivity contribution is 9.11. The fourth-order valence-corrected chi connectivity index (χ4v) is 3.91. The first-order chi connectivity index (χ1) is 11.5. The predicted molar refractivity (Wildman–Crippen MR) is 106 cm³/mol. The molecule has 3 rings (SSSR count). The van der Waals surface area contributed by atoms with Crippen molar-refractivity contribution in [3.63, 3.8) is 0 Å². The average Bonchev–Trinajstić information content (AvgIpc) is 2.58. The molecule has 0 bridgehead atoms. The lowest BCUT2D eigenvalue weighted by molar-refractivity contribution is 0.272. The van der Waals surface area contributed by atoms with Gasteiger partial charge in [-0.15, -0.1) is 0 Å². The molecule has 1 aliphatic heterocycles. The summed E-state index contributed by atoms with van der Waals surface area (Å²) in [5, 5.41) is 16.6. The van der Waals surface area contributed by atoms with Crippen LogP contribution >= 0.6 is 31.9 Å². The van der Waals surface area contributed by atoms with Crippen LogP contribution in [0.5, 0.6) is 5.75 Å². The summed E-state index contributed by atoms with van der Waals surface area (Å²) in [5.74, 6) is 0.209. The molecule has 6 heteroatoms.